The predicted molar refractivity (Wildman–Crippen MR) is 129 cm³/mol. The normalized spacial score (nSPS) is 16.0. The number of piperazine rings is 1. The van der Waals surface area contributed by atoms with Gasteiger partial charge in [-0.15, -0.1) is 6.42 Å². The summed E-state index contributed by atoms with van der Waals surface area (Å²) >= 11 is 0. The van der Waals surface area contributed by atoms with Crippen LogP contribution in [-0.4, -0.2) is 77.8 Å². The minimum absolute atomic E-state index is 0.00469. The summed E-state index contributed by atoms with van der Waals surface area (Å²) in [6.07, 6.45) is 9.90. The maximum Gasteiger partial charge on any atom is 0.328 e. The van der Waals surface area contributed by atoms with E-state index in [2.05, 4.69) is 26.5 Å². The number of nitrogens with zero attached hydrogens (tertiary/aromatic N) is 5. The van der Waals surface area contributed by atoms with Gasteiger partial charge < -0.3 is 10.2 Å². The molecule has 0 atom stereocenters. The van der Waals surface area contributed by atoms with Gasteiger partial charge in [0.1, 0.15) is 17.3 Å². The van der Waals surface area contributed by atoms with Crippen LogP contribution in [-0.2, 0) is 11.3 Å². The van der Waals surface area contributed by atoms with Crippen LogP contribution in [0.2, 0.25) is 0 Å². The number of carbonyl (C=O) groups excluding carboxylic acids is 3. The lowest BCUT2D eigenvalue weighted by molar-refractivity contribution is -0.136. The molecule has 3 amide bonds. The van der Waals surface area contributed by atoms with Gasteiger partial charge in [0, 0.05) is 50.6 Å². The molecule has 4 rings (SSSR count). The van der Waals surface area contributed by atoms with Crippen molar-refractivity contribution >= 4 is 35.5 Å². The van der Waals surface area contributed by atoms with Crippen molar-refractivity contribution in [2.24, 2.45) is 0 Å². The SMILES string of the molecule is C#Cc1cnc(NC(=O)N(C)c2ccc(CN3CCN(C)CC3=O)c(C=O)n2)cc1NC1CC1. The molecule has 2 aliphatic rings. The smallest absolute Gasteiger partial charge is 0.328 e. The van der Waals surface area contributed by atoms with Gasteiger partial charge in [0.05, 0.1) is 17.8 Å². The third-order valence-electron chi connectivity index (χ3n) is 5.86. The zero-order valence-corrected chi connectivity index (χ0v) is 19.2. The molecule has 0 bridgehead atoms. The Morgan fingerprint density at radius 1 is 1.35 bits per heavy atom. The lowest BCUT2D eigenvalue weighted by atomic mass is 10.1. The van der Waals surface area contributed by atoms with Crippen molar-refractivity contribution in [3.05, 3.63) is 41.2 Å². The lowest BCUT2D eigenvalue weighted by Gasteiger charge is -2.32. The largest absolute Gasteiger partial charge is 0.381 e. The predicted octanol–water partition coefficient (Wildman–Crippen LogP) is 1.79. The molecular weight excluding hydrogens is 434 g/mol. The van der Waals surface area contributed by atoms with Crippen molar-refractivity contribution in [2.75, 3.05) is 49.3 Å². The topological polar surface area (TPSA) is 111 Å². The number of likely N-dealkylation sites (N-methyl/N-ethyl adjacent to an activating group) is 1. The quantitative estimate of drug-likeness (QED) is 0.478. The Hall–Kier alpha value is -3.97. The Morgan fingerprint density at radius 3 is 2.82 bits per heavy atom. The van der Waals surface area contributed by atoms with Gasteiger partial charge >= 0.3 is 6.03 Å². The average molecular weight is 462 g/mol. The summed E-state index contributed by atoms with van der Waals surface area (Å²) in [4.78, 5) is 50.3. The Labute approximate surface area is 198 Å². The molecule has 0 aromatic carbocycles. The molecule has 1 aliphatic heterocycles. The van der Waals surface area contributed by atoms with E-state index in [1.165, 1.54) is 11.1 Å². The summed E-state index contributed by atoms with van der Waals surface area (Å²) in [5.74, 6) is 3.24. The van der Waals surface area contributed by atoms with Crippen LogP contribution in [0, 0.1) is 12.3 Å². The minimum atomic E-state index is -0.468. The van der Waals surface area contributed by atoms with Crippen molar-refractivity contribution in [3.63, 3.8) is 0 Å². The Morgan fingerprint density at radius 2 is 2.15 bits per heavy atom. The van der Waals surface area contributed by atoms with Gasteiger partial charge in [0.2, 0.25) is 5.91 Å². The van der Waals surface area contributed by atoms with E-state index in [0.29, 0.717) is 54.7 Å². The highest BCUT2D eigenvalue weighted by atomic mass is 16.2. The summed E-state index contributed by atoms with van der Waals surface area (Å²) in [5.41, 5.74) is 2.20. The third-order valence-corrected chi connectivity index (χ3v) is 5.86. The van der Waals surface area contributed by atoms with Crippen LogP contribution < -0.4 is 15.5 Å². The number of pyridine rings is 2. The van der Waals surface area contributed by atoms with Crippen LogP contribution >= 0.6 is 0 Å². The van der Waals surface area contributed by atoms with E-state index >= 15 is 0 Å². The number of nitrogens with one attached hydrogen (secondary N) is 2. The molecule has 0 spiro atoms. The van der Waals surface area contributed by atoms with Gasteiger partial charge in [-0.3, -0.25) is 24.7 Å². The monoisotopic (exact) mass is 461 g/mol. The molecule has 0 radical (unpaired) electrons. The molecule has 1 saturated carbocycles. The van der Waals surface area contributed by atoms with E-state index in [9.17, 15) is 14.4 Å². The molecule has 10 heteroatoms. The Balaban J connectivity index is 1.45. The second kappa shape index (κ2) is 9.89. The van der Waals surface area contributed by atoms with E-state index in [1.807, 2.05) is 11.9 Å². The standard InChI is InChI=1S/C24H27N7O3/c1-4-16-12-25-21(11-19(16)26-18-6-7-18)28-24(34)30(3)22-8-5-17(20(15-32)27-22)13-31-10-9-29(2)14-23(31)33/h1,5,8,11-12,15,18H,6-7,9-10,13-14H2,2-3H3,(H2,25,26,28,34). The van der Waals surface area contributed by atoms with E-state index in [1.54, 1.807) is 30.1 Å². The number of carbonyl (C=O) groups is 3. The zero-order valence-electron chi connectivity index (χ0n) is 19.2. The molecular formula is C24H27N7O3. The van der Waals surface area contributed by atoms with Crippen LogP contribution in [0.1, 0.15) is 34.5 Å². The molecule has 0 unspecified atom stereocenters. The number of aldehydes is 1. The number of rotatable bonds is 7. The highest BCUT2D eigenvalue weighted by Gasteiger charge is 2.24. The summed E-state index contributed by atoms with van der Waals surface area (Å²) < 4.78 is 0. The van der Waals surface area contributed by atoms with Gasteiger partial charge in [-0.25, -0.2) is 14.8 Å². The van der Waals surface area contributed by atoms with Gasteiger partial charge in [0.15, 0.2) is 6.29 Å². The van der Waals surface area contributed by atoms with Crippen molar-refractivity contribution in [3.8, 4) is 12.3 Å². The van der Waals surface area contributed by atoms with Crippen LogP contribution in [0.3, 0.4) is 0 Å². The second-order valence-electron chi connectivity index (χ2n) is 8.55. The number of hydrogen-bond donors (Lipinski definition) is 2. The molecule has 2 fully saturated rings. The Bertz CT molecular complexity index is 1160. The highest BCUT2D eigenvalue weighted by Crippen LogP contribution is 2.28. The van der Waals surface area contributed by atoms with Gasteiger partial charge in [-0.2, -0.15) is 0 Å². The van der Waals surface area contributed by atoms with Crippen LogP contribution in [0.4, 0.5) is 22.1 Å². The van der Waals surface area contributed by atoms with Gasteiger partial charge in [-0.05, 0) is 26.0 Å². The van der Waals surface area contributed by atoms with E-state index in [-0.39, 0.29) is 11.6 Å². The number of anilines is 3. The van der Waals surface area contributed by atoms with Crippen molar-refractivity contribution in [1.82, 2.24) is 19.8 Å². The second-order valence-corrected chi connectivity index (χ2v) is 8.55. The molecule has 2 N–H and O–H groups in total. The molecule has 1 aliphatic carbocycles. The number of hydrogen-bond acceptors (Lipinski definition) is 7. The number of aromatic nitrogens is 2. The lowest BCUT2D eigenvalue weighted by Crippen LogP contribution is -2.48. The summed E-state index contributed by atoms with van der Waals surface area (Å²) in [7, 11) is 3.45. The van der Waals surface area contributed by atoms with Crippen molar-refractivity contribution in [2.45, 2.75) is 25.4 Å². The molecule has 1 saturated heterocycles. The molecule has 3 heterocycles. The van der Waals surface area contributed by atoms with E-state index in [0.717, 1.165) is 25.1 Å². The molecule has 176 valence electrons. The molecule has 2 aromatic rings. The fourth-order valence-corrected chi connectivity index (χ4v) is 3.62. The summed E-state index contributed by atoms with van der Waals surface area (Å²) in [6.45, 7) is 2.00. The summed E-state index contributed by atoms with van der Waals surface area (Å²) in [6, 6.07) is 5.01. The molecule has 34 heavy (non-hydrogen) atoms. The minimum Gasteiger partial charge on any atom is -0.381 e. The van der Waals surface area contributed by atoms with E-state index in [4.69, 9.17) is 6.42 Å². The first-order chi connectivity index (χ1) is 16.4. The summed E-state index contributed by atoms with van der Waals surface area (Å²) in [5, 5.41) is 6.08. The van der Waals surface area contributed by atoms with Crippen molar-refractivity contribution in [1.29, 1.82) is 0 Å². The van der Waals surface area contributed by atoms with Crippen LogP contribution in [0.25, 0.3) is 0 Å². The maximum absolute atomic E-state index is 12.8. The van der Waals surface area contributed by atoms with Crippen molar-refractivity contribution < 1.29 is 14.4 Å². The number of urea groups is 1. The van der Waals surface area contributed by atoms with Gasteiger partial charge in [0.25, 0.3) is 0 Å². The van der Waals surface area contributed by atoms with Crippen LogP contribution in [0.5, 0.6) is 0 Å². The number of amides is 3. The first kappa shape index (κ1) is 23.2. The molecule has 10 nitrogen and oxygen atoms in total. The first-order valence-electron chi connectivity index (χ1n) is 11.1. The van der Waals surface area contributed by atoms with Crippen LogP contribution in [0.15, 0.2) is 24.4 Å². The Kier molecular flexibility index (Phi) is 6.75. The average Bonchev–Trinajstić information content (AvgIpc) is 3.64. The van der Waals surface area contributed by atoms with E-state index < -0.39 is 6.03 Å². The van der Waals surface area contributed by atoms with Gasteiger partial charge in [-0.1, -0.05) is 12.0 Å². The fourth-order valence-electron chi connectivity index (χ4n) is 3.62. The highest BCUT2D eigenvalue weighted by molar-refractivity contribution is 6.00. The number of terminal acetylenes is 1. The maximum atomic E-state index is 12.8. The third kappa shape index (κ3) is 5.32. The first-order valence-corrected chi connectivity index (χ1v) is 11.1. The fraction of sp³-hybridized carbons (Fsp3) is 0.375. The zero-order chi connectivity index (χ0) is 24.2. The molecule has 2 aromatic heterocycles.